The number of anilines is 2. The summed E-state index contributed by atoms with van der Waals surface area (Å²) in [5.41, 5.74) is -0.134. The van der Waals surface area contributed by atoms with Crippen LogP contribution in [0.4, 0.5) is 24.5 Å². The number of ether oxygens (including phenoxy) is 2. The number of halogens is 2. The highest BCUT2D eigenvalue weighted by atomic mass is 32.1. The second-order valence-corrected chi connectivity index (χ2v) is 15.2. The molecule has 0 bridgehead atoms. The van der Waals surface area contributed by atoms with Crippen LogP contribution < -0.4 is 10.2 Å². The third kappa shape index (κ3) is 5.62. The first-order valence-electron chi connectivity index (χ1n) is 16.1. The Morgan fingerprint density at radius 2 is 2.00 bits per heavy atom. The molecule has 2 fully saturated rings. The second kappa shape index (κ2) is 11.8. The van der Waals surface area contributed by atoms with Crippen molar-refractivity contribution >= 4 is 49.4 Å². The number of nitrogens with zero attached hydrogens (tertiary/aromatic N) is 6. The average molecular weight is 678 g/mol. The summed E-state index contributed by atoms with van der Waals surface area (Å²) >= 11 is 0.857. The molecule has 0 aliphatic carbocycles. The summed E-state index contributed by atoms with van der Waals surface area (Å²) < 4.78 is 43.4. The smallest absolute Gasteiger partial charge is 0.412 e. The van der Waals surface area contributed by atoms with Gasteiger partial charge in [-0.25, -0.2) is 23.5 Å². The lowest BCUT2D eigenvalue weighted by Crippen LogP contribution is -2.53. The summed E-state index contributed by atoms with van der Waals surface area (Å²) in [4.78, 5) is 30.8. The number of hydrogen-bond acceptors (Lipinski definition) is 11. The molecule has 14 heteroatoms. The molecule has 3 aliphatic rings. The first kappa shape index (κ1) is 32.5. The maximum Gasteiger partial charge on any atom is 0.412 e. The van der Waals surface area contributed by atoms with E-state index in [-0.39, 0.29) is 62.7 Å². The largest absolute Gasteiger partial charge is 0.444 e. The summed E-state index contributed by atoms with van der Waals surface area (Å²) in [5.74, 6) is -0.996. The number of pyridine rings is 1. The van der Waals surface area contributed by atoms with Crippen LogP contribution >= 0.6 is 11.3 Å². The third-order valence-corrected chi connectivity index (χ3v) is 10.6. The van der Waals surface area contributed by atoms with E-state index < -0.39 is 28.9 Å². The molecule has 1 aromatic carbocycles. The molecule has 1 amide bonds. The van der Waals surface area contributed by atoms with Crippen molar-refractivity contribution in [1.82, 2.24) is 19.9 Å². The Morgan fingerprint density at radius 3 is 2.73 bits per heavy atom. The van der Waals surface area contributed by atoms with E-state index in [1.54, 1.807) is 27.0 Å². The molecule has 3 atom stereocenters. The van der Waals surface area contributed by atoms with E-state index in [1.165, 1.54) is 0 Å². The molecule has 1 unspecified atom stereocenters. The molecule has 3 aliphatic heterocycles. The van der Waals surface area contributed by atoms with Crippen molar-refractivity contribution in [3.05, 3.63) is 40.7 Å². The highest BCUT2D eigenvalue weighted by Gasteiger charge is 2.40. The Hall–Kier alpha value is -4.03. The van der Waals surface area contributed by atoms with Crippen molar-refractivity contribution in [3.8, 4) is 17.3 Å². The summed E-state index contributed by atoms with van der Waals surface area (Å²) in [6.07, 6.45) is 4.37. The number of hydrogen-bond donors (Lipinski definition) is 2. The number of amides is 1. The summed E-state index contributed by atoms with van der Waals surface area (Å²) in [7, 11) is 0. The standard InChI is InChI=1S/C34H37F2N7O4S/c1-17-23(42-9-6-8-34(5,45)16-42)7-10-43(17)31-39-12-19-20-14-46-15-21(20)24(26(36)27(19)40-31)28-25-18(11-37)30(41-32(44)47-33(2,3)4)48-29(25)22(35)13-38-28/h12-13,17,23,45H,6-10,14-16H2,1-5H3,(H,41,44)/t17-,23-,34?/m0/s1. The fourth-order valence-electron chi connectivity index (χ4n) is 7.38. The minimum Gasteiger partial charge on any atom is -0.444 e. The van der Waals surface area contributed by atoms with Gasteiger partial charge in [0.1, 0.15) is 22.2 Å². The maximum atomic E-state index is 17.0. The van der Waals surface area contributed by atoms with Gasteiger partial charge in [0.15, 0.2) is 11.6 Å². The predicted molar refractivity (Wildman–Crippen MR) is 178 cm³/mol. The Kier molecular flexibility index (Phi) is 8.02. The Labute approximate surface area is 280 Å². The Balaban J connectivity index is 1.32. The van der Waals surface area contributed by atoms with Crippen molar-refractivity contribution < 1.29 is 28.2 Å². The molecule has 0 radical (unpaired) electrons. The number of thiophene rings is 1. The predicted octanol–water partition coefficient (Wildman–Crippen LogP) is 6.25. The molecule has 7 rings (SSSR count). The molecule has 0 saturated carbocycles. The second-order valence-electron chi connectivity index (χ2n) is 14.1. The van der Waals surface area contributed by atoms with Gasteiger partial charge in [0, 0.05) is 47.7 Å². The van der Waals surface area contributed by atoms with E-state index >= 15 is 8.78 Å². The number of β-amino-alcohol motifs (C(OH)–C–C–N with tert-alkyl or cyclic N) is 1. The van der Waals surface area contributed by atoms with Crippen LogP contribution in [0.2, 0.25) is 0 Å². The van der Waals surface area contributed by atoms with E-state index in [4.69, 9.17) is 14.5 Å². The minimum absolute atomic E-state index is 0.0231. The van der Waals surface area contributed by atoms with Crippen LogP contribution in [0.1, 0.15) is 70.6 Å². The molecule has 252 valence electrons. The zero-order valence-corrected chi connectivity index (χ0v) is 28.3. The van der Waals surface area contributed by atoms with Crippen molar-refractivity contribution in [1.29, 1.82) is 5.26 Å². The highest BCUT2D eigenvalue weighted by molar-refractivity contribution is 7.23. The number of aromatic nitrogens is 3. The molecule has 3 aromatic heterocycles. The number of likely N-dealkylation sites (tertiary alicyclic amines) is 1. The number of aliphatic hydroxyl groups is 1. The van der Waals surface area contributed by atoms with Crippen LogP contribution in [0.3, 0.4) is 0 Å². The zero-order chi connectivity index (χ0) is 34.1. The van der Waals surface area contributed by atoms with Gasteiger partial charge >= 0.3 is 6.09 Å². The fraction of sp³-hybridized carbons (Fsp3) is 0.500. The quantitative estimate of drug-likeness (QED) is 0.255. The minimum atomic E-state index is -0.806. The lowest BCUT2D eigenvalue weighted by Gasteiger charge is -2.41. The monoisotopic (exact) mass is 677 g/mol. The number of nitrogens with one attached hydrogen (secondary N) is 1. The average Bonchev–Trinajstić information content (AvgIpc) is 3.74. The molecule has 2 saturated heterocycles. The van der Waals surface area contributed by atoms with E-state index in [1.807, 2.05) is 6.92 Å². The van der Waals surface area contributed by atoms with E-state index in [2.05, 4.69) is 38.1 Å². The number of fused-ring (bicyclic) bond motifs is 4. The SMILES string of the molecule is C[C@H]1[C@@H](N2CCCC(C)(O)C2)CCN1c1ncc2c3c(c(-c4ncc(F)c5sc(NC(=O)OC(C)(C)C)c(C#N)c45)c(F)c2n1)COC3. The van der Waals surface area contributed by atoms with Crippen molar-refractivity contribution in [2.24, 2.45) is 0 Å². The summed E-state index contributed by atoms with van der Waals surface area (Å²) in [6.45, 7) is 11.5. The number of carbonyl (C=O) groups is 1. The van der Waals surface area contributed by atoms with Gasteiger partial charge in [-0.1, -0.05) is 0 Å². The van der Waals surface area contributed by atoms with Crippen LogP contribution in [0, 0.1) is 23.0 Å². The first-order chi connectivity index (χ1) is 22.8. The molecule has 4 aromatic rings. The van der Waals surface area contributed by atoms with Crippen LogP contribution in [0.25, 0.3) is 32.2 Å². The van der Waals surface area contributed by atoms with Crippen molar-refractivity contribution in [3.63, 3.8) is 0 Å². The normalized spacial score (nSPS) is 23.1. The van der Waals surface area contributed by atoms with Gasteiger partial charge < -0.3 is 19.5 Å². The van der Waals surface area contributed by atoms with Gasteiger partial charge in [0.2, 0.25) is 5.95 Å². The van der Waals surface area contributed by atoms with Gasteiger partial charge in [-0.05, 0) is 71.6 Å². The van der Waals surface area contributed by atoms with Crippen LogP contribution in [0.15, 0.2) is 12.4 Å². The van der Waals surface area contributed by atoms with Crippen molar-refractivity contribution in [2.75, 3.05) is 29.9 Å². The number of benzene rings is 1. The Morgan fingerprint density at radius 1 is 1.23 bits per heavy atom. The topological polar surface area (TPSA) is 137 Å². The fourth-order valence-corrected chi connectivity index (χ4v) is 8.41. The van der Waals surface area contributed by atoms with Gasteiger partial charge in [-0.2, -0.15) is 5.26 Å². The molecule has 48 heavy (non-hydrogen) atoms. The molecular formula is C34H37F2N7O4S. The number of carbonyl (C=O) groups excluding carboxylic acids is 1. The van der Waals surface area contributed by atoms with Gasteiger partial charge in [0.25, 0.3) is 0 Å². The first-order valence-corrected chi connectivity index (χ1v) is 16.9. The third-order valence-electron chi connectivity index (χ3n) is 9.46. The van der Waals surface area contributed by atoms with E-state index in [9.17, 15) is 15.2 Å². The summed E-state index contributed by atoms with van der Waals surface area (Å²) in [5, 5.41) is 24.2. The number of nitriles is 1. The number of piperidine rings is 1. The lowest BCUT2D eigenvalue weighted by molar-refractivity contribution is -0.0303. The molecule has 0 spiro atoms. The van der Waals surface area contributed by atoms with E-state index in [0.717, 1.165) is 43.3 Å². The van der Waals surface area contributed by atoms with Crippen LogP contribution in [-0.2, 0) is 22.7 Å². The van der Waals surface area contributed by atoms with Gasteiger partial charge in [-0.15, -0.1) is 11.3 Å². The van der Waals surface area contributed by atoms with Gasteiger partial charge in [-0.3, -0.25) is 15.2 Å². The molecule has 11 nitrogen and oxygen atoms in total. The highest BCUT2D eigenvalue weighted by Crippen LogP contribution is 2.46. The summed E-state index contributed by atoms with van der Waals surface area (Å²) in [6, 6.07) is 2.27. The Bertz CT molecular complexity index is 2000. The maximum absolute atomic E-state index is 17.0. The van der Waals surface area contributed by atoms with Crippen LogP contribution in [0.5, 0.6) is 0 Å². The van der Waals surface area contributed by atoms with Gasteiger partial charge in [0.05, 0.1) is 41.0 Å². The molecular weight excluding hydrogens is 640 g/mol. The number of rotatable bonds is 4. The lowest BCUT2D eigenvalue weighted by atomic mass is 9.93. The van der Waals surface area contributed by atoms with E-state index in [0.29, 0.717) is 35.6 Å². The van der Waals surface area contributed by atoms with Crippen LogP contribution in [-0.4, -0.2) is 74.0 Å². The molecule has 2 N–H and O–H groups in total. The zero-order valence-electron chi connectivity index (χ0n) is 27.5. The van der Waals surface area contributed by atoms with Crippen molar-refractivity contribution in [2.45, 2.75) is 90.4 Å². The molecule has 6 heterocycles.